The van der Waals surface area contributed by atoms with Gasteiger partial charge in [0.2, 0.25) is 0 Å². The van der Waals surface area contributed by atoms with Crippen LogP contribution < -0.4 is 0 Å². The number of amides is 1. The third-order valence-electron chi connectivity index (χ3n) is 5.64. The van der Waals surface area contributed by atoms with Gasteiger partial charge in [-0.25, -0.2) is 0 Å². The van der Waals surface area contributed by atoms with E-state index < -0.39 is 0 Å². The number of ether oxygens (including phenoxy) is 1. The first-order valence-corrected chi connectivity index (χ1v) is 10.7. The lowest BCUT2D eigenvalue weighted by Gasteiger charge is -2.35. The minimum absolute atomic E-state index is 0.135. The summed E-state index contributed by atoms with van der Waals surface area (Å²) in [5.74, 6) is 0.135. The first kappa shape index (κ1) is 20.4. The van der Waals surface area contributed by atoms with Crippen LogP contribution in [-0.4, -0.2) is 73.1 Å². The minimum atomic E-state index is 0.135. The van der Waals surface area contributed by atoms with Crippen LogP contribution in [0.25, 0.3) is 0 Å². The zero-order valence-corrected chi connectivity index (χ0v) is 17.5. The van der Waals surface area contributed by atoms with Gasteiger partial charge in [-0.1, -0.05) is 35.9 Å². The molecule has 5 nitrogen and oxygen atoms in total. The summed E-state index contributed by atoms with van der Waals surface area (Å²) in [6, 6.07) is 16.1. The van der Waals surface area contributed by atoms with Gasteiger partial charge in [-0.3, -0.25) is 14.6 Å². The van der Waals surface area contributed by atoms with Crippen molar-refractivity contribution in [1.82, 2.24) is 14.7 Å². The molecule has 4 rings (SSSR count). The van der Waals surface area contributed by atoms with E-state index in [-0.39, 0.29) is 5.91 Å². The van der Waals surface area contributed by atoms with Gasteiger partial charge < -0.3 is 9.64 Å². The molecule has 6 heteroatoms. The molecule has 2 heterocycles. The summed E-state index contributed by atoms with van der Waals surface area (Å²) in [5.41, 5.74) is 3.20. The molecular weight excluding hydrogens is 386 g/mol. The summed E-state index contributed by atoms with van der Waals surface area (Å²) in [6.07, 6.45) is 0. The van der Waals surface area contributed by atoms with Crippen LogP contribution in [0.5, 0.6) is 0 Å². The second-order valence-corrected chi connectivity index (χ2v) is 8.22. The Hall–Kier alpha value is -1.92. The predicted molar refractivity (Wildman–Crippen MR) is 115 cm³/mol. The van der Waals surface area contributed by atoms with Crippen LogP contribution in [-0.2, 0) is 17.8 Å². The Morgan fingerprint density at radius 2 is 1.45 bits per heavy atom. The Kier molecular flexibility index (Phi) is 6.82. The Morgan fingerprint density at radius 1 is 0.828 bits per heavy atom. The molecule has 2 aromatic rings. The monoisotopic (exact) mass is 413 g/mol. The highest BCUT2D eigenvalue weighted by molar-refractivity contribution is 6.30. The quantitative estimate of drug-likeness (QED) is 0.754. The number of morpholine rings is 1. The molecular formula is C23H28ClN3O2. The molecule has 2 saturated heterocycles. The van der Waals surface area contributed by atoms with Gasteiger partial charge in [0.25, 0.3) is 5.91 Å². The second-order valence-electron chi connectivity index (χ2n) is 7.79. The number of nitrogens with zero attached hydrogens (tertiary/aromatic N) is 3. The number of carbonyl (C=O) groups excluding carboxylic acids is 1. The van der Waals surface area contributed by atoms with Crippen molar-refractivity contribution in [2.75, 3.05) is 52.5 Å². The number of piperazine rings is 1. The topological polar surface area (TPSA) is 36.0 Å². The van der Waals surface area contributed by atoms with Crippen molar-refractivity contribution in [3.63, 3.8) is 0 Å². The van der Waals surface area contributed by atoms with E-state index in [0.717, 1.165) is 76.2 Å². The molecule has 2 aliphatic rings. The fourth-order valence-electron chi connectivity index (χ4n) is 4.01. The molecule has 29 heavy (non-hydrogen) atoms. The molecule has 0 aromatic heterocycles. The lowest BCUT2D eigenvalue weighted by Crippen LogP contribution is -2.48. The molecule has 0 N–H and O–H groups in total. The van der Waals surface area contributed by atoms with E-state index in [0.29, 0.717) is 0 Å². The third kappa shape index (κ3) is 5.58. The number of rotatable bonds is 5. The Morgan fingerprint density at radius 3 is 2.14 bits per heavy atom. The standard InChI is InChI=1S/C23H28ClN3O2/c24-22-6-2-4-20(16-22)18-25-7-9-27(10-8-25)23(28)21-5-1-3-19(15-21)17-26-11-13-29-14-12-26/h1-6,15-16H,7-14,17-18H2. The minimum Gasteiger partial charge on any atom is -0.379 e. The van der Waals surface area contributed by atoms with Crippen molar-refractivity contribution in [3.05, 3.63) is 70.2 Å². The van der Waals surface area contributed by atoms with Crippen molar-refractivity contribution < 1.29 is 9.53 Å². The maximum absolute atomic E-state index is 13.0. The molecule has 0 aliphatic carbocycles. The lowest BCUT2D eigenvalue weighted by atomic mass is 10.1. The summed E-state index contributed by atoms with van der Waals surface area (Å²) >= 11 is 6.09. The van der Waals surface area contributed by atoms with Gasteiger partial charge in [0.05, 0.1) is 13.2 Å². The Bertz CT molecular complexity index is 830. The van der Waals surface area contributed by atoms with Crippen LogP contribution in [0.15, 0.2) is 48.5 Å². The SMILES string of the molecule is O=C(c1cccc(CN2CCOCC2)c1)N1CCN(Cc2cccc(Cl)c2)CC1. The molecule has 2 aliphatic heterocycles. The smallest absolute Gasteiger partial charge is 0.253 e. The van der Waals surface area contributed by atoms with Crippen molar-refractivity contribution in [2.45, 2.75) is 13.1 Å². The predicted octanol–water partition coefficient (Wildman–Crippen LogP) is 3.13. The van der Waals surface area contributed by atoms with Crippen LogP contribution in [0.2, 0.25) is 5.02 Å². The largest absolute Gasteiger partial charge is 0.379 e. The summed E-state index contributed by atoms with van der Waals surface area (Å²) < 4.78 is 5.42. The average Bonchev–Trinajstić information content (AvgIpc) is 2.75. The normalized spacial score (nSPS) is 18.7. The van der Waals surface area contributed by atoms with Crippen LogP contribution in [0.3, 0.4) is 0 Å². The van der Waals surface area contributed by atoms with Gasteiger partial charge in [0.15, 0.2) is 0 Å². The molecule has 0 saturated carbocycles. The Balaban J connectivity index is 1.31. The van der Waals surface area contributed by atoms with Gasteiger partial charge in [-0.15, -0.1) is 0 Å². The number of carbonyl (C=O) groups is 1. The van der Waals surface area contributed by atoms with Gasteiger partial charge in [-0.05, 0) is 35.4 Å². The van der Waals surface area contributed by atoms with Crippen LogP contribution in [0.4, 0.5) is 0 Å². The molecule has 2 fully saturated rings. The maximum Gasteiger partial charge on any atom is 0.253 e. The van der Waals surface area contributed by atoms with E-state index >= 15 is 0 Å². The molecule has 0 radical (unpaired) electrons. The third-order valence-corrected chi connectivity index (χ3v) is 5.87. The Labute approximate surface area is 177 Å². The van der Waals surface area contributed by atoms with Crippen molar-refractivity contribution in [2.24, 2.45) is 0 Å². The van der Waals surface area contributed by atoms with E-state index in [4.69, 9.17) is 16.3 Å². The summed E-state index contributed by atoms with van der Waals surface area (Å²) in [6.45, 7) is 8.50. The highest BCUT2D eigenvalue weighted by Crippen LogP contribution is 2.16. The van der Waals surface area contributed by atoms with Crippen molar-refractivity contribution in [3.8, 4) is 0 Å². The van der Waals surface area contributed by atoms with Crippen LogP contribution >= 0.6 is 11.6 Å². The van der Waals surface area contributed by atoms with Gasteiger partial charge >= 0.3 is 0 Å². The molecule has 0 spiro atoms. The molecule has 1 amide bonds. The number of hydrogen-bond acceptors (Lipinski definition) is 4. The molecule has 2 aromatic carbocycles. The number of halogens is 1. The summed E-state index contributed by atoms with van der Waals surface area (Å²) in [5, 5.41) is 0.772. The molecule has 0 atom stereocenters. The van der Waals surface area contributed by atoms with E-state index in [2.05, 4.69) is 28.0 Å². The van der Waals surface area contributed by atoms with Crippen molar-refractivity contribution >= 4 is 17.5 Å². The fraction of sp³-hybridized carbons (Fsp3) is 0.435. The molecule has 154 valence electrons. The summed E-state index contributed by atoms with van der Waals surface area (Å²) in [7, 11) is 0. The van der Waals surface area contributed by atoms with E-state index in [1.165, 1.54) is 11.1 Å². The highest BCUT2D eigenvalue weighted by atomic mass is 35.5. The fourth-order valence-corrected chi connectivity index (χ4v) is 4.22. The number of hydrogen-bond donors (Lipinski definition) is 0. The maximum atomic E-state index is 13.0. The summed E-state index contributed by atoms with van der Waals surface area (Å²) in [4.78, 5) is 19.7. The van der Waals surface area contributed by atoms with E-state index in [1.54, 1.807) is 0 Å². The van der Waals surface area contributed by atoms with Gasteiger partial charge in [0, 0.05) is 62.9 Å². The van der Waals surface area contributed by atoms with Crippen LogP contribution in [0, 0.1) is 0 Å². The van der Waals surface area contributed by atoms with E-state index in [9.17, 15) is 4.79 Å². The van der Waals surface area contributed by atoms with E-state index in [1.807, 2.05) is 35.2 Å². The molecule has 0 bridgehead atoms. The van der Waals surface area contributed by atoms with Gasteiger partial charge in [0.1, 0.15) is 0 Å². The second kappa shape index (κ2) is 9.72. The van der Waals surface area contributed by atoms with Crippen LogP contribution in [0.1, 0.15) is 21.5 Å². The number of benzene rings is 2. The molecule has 0 unspecified atom stereocenters. The first-order valence-electron chi connectivity index (χ1n) is 10.3. The van der Waals surface area contributed by atoms with Crippen molar-refractivity contribution in [1.29, 1.82) is 0 Å². The zero-order valence-electron chi connectivity index (χ0n) is 16.7. The zero-order chi connectivity index (χ0) is 20.1. The lowest BCUT2D eigenvalue weighted by molar-refractivity contribution is 0.0341. The van der Waals surface area contributed by atoms with Gasteiger partial charge in [-0.2, -0.15) is 0 Å². The first-order chi connectivity index (χ1) is 14.2. The highest BCUT2D eigenvalue weighted by Gasteiger charge is 2.22. The average molecular weight is 414 g/mol.